The first kappa shape index (κ1) is 14.4. The van der Waals surface area contributed by atoms with Gasteiger partial charge in [0.15, 0.2) is 0 Å². The lowest BCUT2D eigenvalue weighted by molar-refractivity contribution is -0.130. The summed E-state index contributed by atoms with van der Waals surface area (Å²) in [6.07, 6.45) is 2.27. The normalized spacial score (nSPS) is 18.4. The quantitative estimate of drug-likeness (QED) is 0.925. The van der Waals surface area contributed by atoms with E-state index in [4.69, 9.17) is 11.6 Å². The predicted molar refractivity (Wildman–Crippen MR) is 76.0 cm³/mol. The topological polar surface area (TPSA) is 40.5 Å². The van der Waals surface area contributed by atoms with Gasteiger partial charge in [-0.05, 0) is 42.9 Å². The van der Waals surface area contributed by atoms with Crippen LogP contribution in [0.15, 0.2) is 24.3 Å². The van der Waals surface area contributed by atoms with Crippen molar-refractivity contribution >= 4 is 17.5 Å². The van der Waals surface area contributed by atoms with Crippen LogP contribution in [0.3, 0.4) is 0 Å². The Kier molecular flexibility index (Phi) is 4.83. The molecule has 3 nitrogen and oxygen atoms in total. The van der Waals surface area contributed by atoms with E-state index in [1.165, 1.54) is 0 Å². The van der Waals surface area contributed by atoms with Crippen molar-refractivity contribution in [3.63, 3.8) is 0 Å². The van der Waals surface area contributed by atoms with Crippen molar-refractivity contribution in [3.05, 3.63) is 34.9 Å². The van der Waals surface area contributed by atoms with Gasteiger partial charge in [-0.3, -0.25) is 4.79 Å². The van der Waals surface area contributed by atoms with Crippen LogP contribution in [0.4, 0.5) is 0 Å². The number of halogens is 1. The summed E-state index contributed by atoms with van der Waals surface area (Å²) in [6.45, 7) is 3.24. The maximum atomic E-state index is 11.2. The summed E-state index contributed by atoms with van der Waals surface area (Å²) in [4.78, 5) is 13.1. The molecule has 1 amide bonds. The van der Waals surface area contributed by atoms with Crippen molar-refractivity contribution in [2.75, 3.05) is 13.1 Å². The molecule has 1 atom stereocenters. The average Bonchev–Trinajstić information content (AvgIpc) is 2.40. The van der Waals surface area contributed by atoms with Gasteiger partial charge in [0.25, 0.3) is 0 Å². The Morgan fingerprint density at radius 3 is 2.47 bits per heavy atom. The Morgan fingerprint density at radius 1 is 1.37 bits per heavy atom. The fraction of sp³-hybridized carbons (Fsp3) is 0.533. The van der Waals surface area contributed by atoms with Crippen LogP contribution in [-0.4, -0.2) is 29.0 Å². The summed E-state index contributed by atoms with van der Waals surface area (Å²) in [5.41, 5.74) is 0.915. The molecule has 104 valence electrons. The first-order valence-corrected chi connectivity index (χ1v) is 7.13. The second kappa shape index (κ2) is 6.40. The molecule has 1 saturated heterocycles. The van der Waals surface area contributed by atoms with Crippen LogP contribution in [0.5, 0.6) is 0 Å². The Hall–Kier alpha value is -1.06. The fourth-order valence-electron chi connectivity index (χ4n) is 2.62. The minimum absolute atomic E-state index is 0.150. The minimum Gasteiger partial charge on any atom is -0.388 e. The van der Waals surface area contributed by atoms with Crippen molar-refractivity contribution in [1.29, 1.82) is 0 Å². The molecule has 0 spiro atoms. The van der Waals surface area contributed by atoms with Gasteiger partial charge < -0.3 is 10.0 Å². The van der Waals surface area contributed by atoms with Crippen LogP contribution in [-0.2, 0) is 4.79 Å². The van der Waals surface area contributed by atoms with E-state index >= 15 is 0 Å². The Balaban J connectivity index is 1.85. The van der Waals surface area contributed by atoms with E-state index < -0.39 is 6.10 Å². The van der Waals surface area contributed by atoms with Crippen molar-refractivity contribution in [1.82, 2.24) is 4.90 Å². The molecule has 1 aromatic carbocycles. The second-order valence-corrected chi connectivity index (χ2v) is 5.69. The van der Waals surface area contributed by atoms with E-state index in [9.17, 15) is 9.90 Å². The van der Waals surface area contributed by atoms with Crippen LogP contribution in [0.25, 0.3) is 0 Å². The standard InChI is InChI=1S/C15H20ClNO2/c1-11(18)17-8-6-12(7-9-17)10-15(19)13-2-4-14(16)5-3-13/h2-5,12,15,19H,6-10H2,1H3/t15-/m0/s1. The second-order valence-electron chi connectivity index (χ2n) is 5.25. The lowest BCUT2D eigenvalue weighted by Crippen LogP contribution is -2.37. The van der Waals surface area contributed by atoms with Crippen LogP contribution < -0.4 is 0 Å². The number of rotatable bonds is 3. The number of likely N-dealkylation sites (tertiary alicyclic amines) is 1. The molecule has 0 aromatic heterocycles. The largest absolute Gasteiger partial charge is 0.388 e. The van der Waals surface area contributed by atoms with E-state index in [1.807, 2.05) is 17.0 Å². The maximum Gasteiger partial charge on any atom is 0.219 e. The number of hydrogen-bond donors (Lipinski definition) is 1. The number of amides is 1. The molecule has 2 rings (SSSR count). The van der Waals surface area contributed by atoms with Gasteiger partial charge in [-0.15, -0.1) is 0 Å². The van der Waals surface area contributed by atoms with Gasteiger partial charge in [-0.25, -0.2) is 0 Å². The third-order valence-corrected chi connectivity index (χ3v) is 4.12. The Morgan fingerprint density at radius 2 is 1.95 bits per heavy atom. The van der Waals surface area contributed by atoms with Crippen LogP contribution in [0.2, 0.25) is 5.02 Å². The molecule has 1 aliphatic heterocycles. The predicted octanol–water partition coefficient (Wildman–Crippen LogP) is 3.02. The highest BCUT2D eigenvalue weighted by atomic mass is 35.5. The van der Waals surface area contributed by atoms with E-state index in [-0.39, 0.29) is 5.91 Å². The number of hydrogen-bond acceptors (Lipinski definition) is 2. The zero-order chi connectivity index (χ0) is 13.8. The molecule has 1 aliphatic rings. The number of aliphatic hydroxyl groups is 1. The Bertz CT molecular complexity index is 424. The van der Waals surface area contributed by atoms with Crippen LogP contribution in [0, 0.1) is 5.92 Å². The van der Waals surface area contributed by atoms with E-state index in [1.54, 1.807) is 19.1 Å². The first-order chi connectivity index (χ1) is 9.06. The zero-order valence-corrected chi connectivity index (χ0v) is 11.9. The minimum atomic E-state index is -0.439. The lowest BCUT2D eigenvalue weighted by Gasteiger charge is -2.32. The molecule has 0 unspecified atom stereocenters. The molecule has 0 radical (unpaired) electrons. The third kappa shape index (κ3) is 3.95. The maximum absolute atomic E-state index is 11.2. The summed E-state index contributed by atoms with van der Waals surface area (Å²) >= 11 is 5.83. The van der Waals surface area contributed by atoms with Gasteiger partial charge in [0, 0.05) is 25.0 Å². The van der Waals surface area contributed by atoms with Gasteiger partial charge in [0.05, 0.1) is 6.10 Å². The van der Waals surface area contributed by atoms with Gasteiger partial charge in [0.2, 0.25) is 5.91 Å². The number of aliphatic hydroxyl groups excluding tert-OH is 1. The number of carbonyl (C=O) groups excluding carboxylic acids is 1. The Labute approximate surface area is 119 Å². The van der Waals surface area contributed by atoms with Crippen molar-refractivity contribution in [2.45, 2.75) is 32.3 Å². The van der Waals surface area contributed by atoms with Gasteiger partial charge in [0.1, 0.15) is 0 Å². The number of benzene rings is 1. The highest BCUT2D eigenvalue weighted by Gasteiger charge is 2.23. The summed E-state index contributed by atoms with van der Waals surface area (Å²) in [7, 11) is 0. The first-order valence-electron chi connectivity index (χ1n) is 6.75. The molecule has 1 heterocycles. The molecule has 0 bridgehead atoms. The summed E-state index contributed by atoms with van der Waals surface area (Å²) < 4.78 is 0. The zero-order valence-electron chi connectivity index (χ0n) is 11.2. The monoisotopic (exact) mass is 281 g/mol. The lowest BCUT2D eigenvalue weighted by atomic mass is 9.89. The molecule has 1 aromatic rings. The van der Waals surface area contributed by atoms with E-state index in [2.05, 4.69) is 0 Å². The van der Waals surface area contributed by atoms with Gasteiger partial charge in [-0.2, -0.15) is 0 Å². The molecule has 1 N–H and O–H groups in total. The molecule has 0 saturated carbocycles. The number of nitrogens with zero attached hydrogens (tertiary/aromatic N) is 1. The van der Waals surface area contributed by atoms with Crippen LogP contribution >= 0.6 is 11.6 Å². The fourth-order valence-corrected chi connectivity index (χ4v) is 2.75. The number of piperidine rings is 1. The van der Waals surface area contributed by atoms with Crippen LogP contribution in [0.1, 0.15) is 37.9 Å². The molecular weight excluding hydrogens is 262 g/mol. The number of carbonyl (C=O) groups is 1. The highest BCUT2D eigenvalue weighted by molar-refractivity contribution is 6.30. The van der Waals surface area contributed by atoms with Crippen molar-refractivity contribution < 1.29 is 9.90 Å². The van der Waals surface area contributed by atoms with Gasteiger partial charge in [-0.1, -0.05) is 23.7 Å². The average molecular weight is 282 g/mol. The summed E-state index contributed by atoms with van der Waals surface area (Å²) in [5.74, 6) is 0.637. The SMILES string of the molecule is CC(=O)N1CCC(C[C@H](O)c2ccc(Cl)cc2)CC1. The van der Waals surface area contributed by atoms with Crippen molar-refractivity contribution in [3.8, 4) is 0 Å². The smallest absolute Gasteiger partial charge is 0.219 e. The summed E-state index contributed by atoms with van der Waals surface area (Å²) in [5, 5.41) is 10.9. The molecule has 19 heavy (non-hydrogen) atoms. The molecular formula is C15H20ClNO2. The molecule has 4 heteroatoms. The summed E-state index contributed by atoms with van der Waals surface area (Å²) in [6, 6.07) is 7.35. The van der Waals surface area contributed by atoms with E-state index in [0.29, 0.717) is 10.9 Å². The van der Waals surface area contributed by atoms with Gasteiger partial charge >= 0.3 is 0 Å². The highest BCUT2D eigenvalue weighted by Crippen LogP contribution is 2.28. The van der Waals surface area contributed by atoms with E-state index in [0.717, 1.165) is 37.9 Å². The molecule has 1 fully saturated rings. The van der Waals surface area contributed by atoms with Crippen molar-refractivity contribution in [2.24, 2.45) is 5.92 Å². The molecule has 0 aliphatic carbocycles. The third-order valence-electron chi connectivity index (χ3n) is 3.87.